The first-order valence-electron chi connectivity index (χ1n) is 11.6. The molecule has 0 amide bonds. The number of allylic oxidation sites excluding steroid dienone is 2. The molecule has 0 heterocycles. The van der Waals surface area contributed by atoms with Crippen LogP contribution in [0.25, 0.3) is 0 Å². The fraction of sp³-hybridized carbons (Fsp3) is 0.481. The van der Waals surface area contributed by atoms with Gasteiger partial charge in [0, 0.05) is 12.5 Å². The zero-order valence-electron chi connectivity index (χ0n) is 18.9. The van der Waals surface area contributed by atoms with E-state index in [9.17, 15) is 17.6 Å². The summed E-state index contributed by atoms with van der Waals surface area (Å²) in [7, 11) is 0. The fourth-order valence-electron chi connectivity index (χ4n) is 4.55. The van der Waals surface area contributed by atoms with Crippen molar-refractivity contribution >= 4 is 0 Å². The number of alkyl halides is 1. The van der Waals surface area contributed by atoms with Crippen LogP contribution >= 0.6 is 0 Å². The number of aryl methyl sites for hydroxylation is 1. The van der Waals surface area contributed by atoms with E-state index in [4.69, 9.17) is 4.74 Å². The minimum Gasteiger partial charge on any atom is -0.490 e. The average Bonchev–Trinajstić information content (AvgIpc) is 2.78. The van der Waals surface area contributed by atoms with Gasteiger partial charge in [-0.1, -0.05) is 43.7 Å². The van der Waals surface area contributed by atoms with Crippen LogP contribution in [0.1, 0.15) is 68.6 Å². The molecule has 3 rings (SSSR count). The van der Waals surface area contributed by atoms with Crippen molar-refractivity contribution in [2.75, 3.05) is 6.61 Å². The fourth-order valence-corrected chi connectivity index (χ4v) is 4.55. The Morgan fingerprint density at radius 1 is 1.00 bits per heavy atom. The summed E-state index contributed by atoms with van der Waals surface area (Å²) in [5, 5.41) is 0. The topological polar surface area (TPSA) is 9.23 Å². The van der Waals surface area contributed by atoms with E-state index in [2.05, 4.69) is 6.08 Å². The van der Waals surface area contributed by atoms with Crippen molar-refractivity contribution < 1.29 is 22.3 Å². The second kappa shape index (κ2) is 11.5. The molecule has 32 heavy (non-hydrogen) atoms. The lowest BCUT2D eigenvalue weighted by atomic mass is 9.78. The van der Waals surface area contributed by atoms with Crippen LogP contribution in [0, 0.1) is 23.4 Å². The van der Waals surface area contributed by atoms with Gasteiger partial charge in [0.1, 0.15) is 24.3 Å². The standard InChI is InChI=1S/C27H32F4O/c1-3-5-18-7-9-19(10-8-18)24-14-12-21(26(30)27(24)31)15-22(28)17-32-23-13-11-20(6-4-2)25(29)16-23/h3,5,11-14,16,18-19,22H,4,6-10,15,17H2,1-2H3. The lowest BCUT2D eigenvalue weighted by molar-refractivity contribution is 0.193. The van der Waals surface area contributed by atoms with E-state index in [1.807, 2.05) is 19.9 Å². The van der Waals surface area contributed by atoms with E-state index in [1.165, 1.54) is 12.1 Å². The quantitative estimate of drug-likeness (QED) is 0.280. The summed E-state index contributed by atoms with van der Waals surface area (Å²) in [4.78, 5) is 0. The molecular weight excluding hydrogens is 416 g/mol. The Morgan fingerprint density at radius 2 is 1.72 bits per heavy atom. The third-order valence-corrected chi connectivity index (χ3v) is 6.28. The van der Waals surface area contributed by atoms with Crippen molar-refractivity contribution in [3.63, 3.8) is 0 Å². The molecule has 1 aliphatic rings. The summed E-state index contributed by atoms with van der Waals surface area (Å²) < 4.78 is 63.2. The molecule has 5 heteroatoms. The molecule has 0 aliphatic heterocycles. The summed E-state index contributed by atoms with van der Waals surface area (Å²) >= 11 is 0. The lowest BCUT2D eigenvalue weighted by Gasteiger charge is -2.27. The van der Waals surface area contributed by atoms with Crippen LogP contribution in [0.3, 0.4) is 0 Å². The minimum atomic E-state index is -1.54. The van der Waals surface area contributed by atoms with Crippen molar-refractivity contribution in [1.29, 1.82) is 0 Å². The Morgan fingerprint density at radius 3 is 2.38 bits per heavy atom. The van der Waals surface area contributed by atoms with E-state index in [0.29, 0.717) is 23.5 Å². The van der Waals surface area contributed by atoms with Gasteiger partial charge < -0.3 is 4.74 Å². The molecule has 1 aliphatic carbocycles. The Bertz CT molecular complexity index is 916. The Balaban J connectivity index is 1.58. The highest BCUT2D eigenvalue weighted by Crippen LogP contribution is 2.38. The van der Waals surface area contributed by atoms with Crippen molar-refractivity contribution in [1.82, 2.24) is 0 Å². The van der Waals surface area contributed by atoms with Crippen molar-refractivity contribution in [3.05, 3.63) is 76.6 Å². The van der Waals surface area contributed by atoms with E-state index in [1.54, 1.807) is 18.2 Å². The van der Waals surface area contributed by atoms with Crippen molar-refractivity contribution in [2.24, 2.45) is 5.92 Å². The highest BCUT2D eigenvalue weighted by atomic mass is 19.2. The predicted molar refractivity (Wildman–Crippen MR) is 120 cm³/mol. The highest BCUT2D eigenvalue weighted by Gasteiger charge is 2.26. The Hall–Kier alpha value is -2.30. The molecule has 0 radical (unpaired) electrons. The monoisotopic (exact) mass is 448 g/mol. The number of ether oxygens (including phenoxy) is 1. The first-order chi connectivity index (χ1) is 15.4. The van der Waals surface area contributed by atoms with E-state index >= 15 is 0 Å². The minimum absolute atomic E-state index is 0.00450. The van der Waals surface area contributed by atoms with Gasteiger partial charge in [0.2, 0.25) is 0 Å². The molecule has 174 valence electrons. The van der Waals surface area contributed by atoms with Crippen LogP contribution in [0.15, 0.2) is 42.5 Å². The average molecular weight is 449 g/mol. The molecule has 1 saturated carbocycles. The second-order valence-corrected chi connectivity index (χ2v) is 8.69. The zero-order valence-corrected chi connectivity index (χ0v) is 18.9. The van der Waals surface area contributed by atoms with Crippen molar-refractivity contribution in [2.45, 2.75) is 70.9 Å². The highest BCUT2D eigenvalue weighted by molar-refractivity contribution is 5.31. The summed E-state index contributed by atoms with van der Waals surface area (Å²) in [6.07, 6.45) is 7.37. The third-order valence-electron chi connectivity index (χ3n) is 6.28. The molecule has 0 bridgehead atoms. The van der Waals surface area contributed by atoms with E-state index in [0.717, 1.165) is 32.1 Å². The Kier molecular flexibility index (Phi) is 8.77. The molecule has 0 saturated heterocycles. The molecule has 2 aromatic rings. The zero-order chi connectivity index (χ0) is 23.1. The van der Waals surface area contributed by atoms with E-state index < -0.39 is 17.8 Å². The molecule has 0 N–H and O–H groups in total. The Labute approximate surface area is 188 Å². The maximum absolute atomic E-state index is 14.8. The predicted octanol–water partition coefficient (Wildman–Crippen LogP) is 7.87. The van der Waals surface area contributed by atoms with Gasteiger partial charge in [-0.25, -0.2) is 17.6 Å². The number of halogens is 4. The molecular formula is C27H32F4O. The van der Waals surface area contributed by atoms with Gasteiger partial charge in [0.05, 0.1) is 0 Å². The van der Waals surface area contributed by atoms with Crippen LogP contribution in [-0.2, 0) is 12.8 Å². The number of hydrogen-bond donors (Lipinski definition) is 0. The maximum Gasteiger partial charge on any atom is 0.162 e. The summed E-state index contributed by atoms with van der Waals surface area (Å²) in [5.74, 6) is -1.50. The van der Waals surface area contributed by atoms with Gasteiger partial charge in [-0.05, 0) is 73.6 Å². The largest absolute Gasteiger partial charge is 0.490 e. The summed E-state index contributed by atoms with van der Waals surface area (Å²) in [6, 6.07) is 7.54. The summed E-state index contributed by atoms with van der Waals surface area (Å²) in [6.45, 7) is 3.59. The molecule has 0 spiro atoms. The van der Waals surface area contributed by atoms with Crippen LogP contribution in [-0.4, -0.2) is 12.8 Å². The molecule has 0 aromatic heterocycles. The molecule has 1 unspecified atom stereocenters. The van der Waals surface area contributed by atoms with Crippen LogP contribution in [0.4, 0.5) is 17.6 Å². The van der Waals surface area contributed by atoms with Crippen LogP contribution < -0.4 is 4.74 Å². The first kappa shape index (κ1) is 24.3. The number of benzene rings is 2. The SMILES string of the molecule is CC=CC1CCC(c2ccc(CC(F)COc3ccc(CCC)c(F)c3)c(F)c2F)CC1. The molecule has 1 atom stereocenters. The maximum atomic E-state index is 14.8. The smallest absolute Gasteiger partial charge is 0.162 e. The van der Waals surface area contributed by atoms with Crippen LogP contribution in [0.5, 0.6) is 5.75 Å². The second-order valence-electron chi connectivity index (χ2n) is 8.69. The molecule has 1 nitrogen and oxygen atoms in total. The lowest BCUT2D eigenvalue weighted by Crippen LogP contribution is -2.18. The van der Waals surface area contributed by atoms with Gasteiger partial charge in [-0.2, -0.15) is 0 Å². The van der Waals surface area contributed by atoms with E-state index in [-0.39, 0.29) is 36.1 Å². The van der Waals surface area contributed by atoms with Gasteiger partial charge >= 0.3 is 0 Å². The first-order valence-corrected chi connectivity index (χ1v) is 11.6. The summed E-state index contributed by atoms with van der Waals surface area (Å²) in [5.41, 5.74) is 0.971. The van der Waals surface area contributed by atoms with Gasteiger partial charge in [-0.15, -0.1) is 0 Å². The molecule has 1 fully saturated rings. The van der Waals surface area contributed by atoms with Gasteiger partial charge in [-0.3, -0.25) is 0 Å². The van der Waals surface area contributed by atoms with Gasteiger partial charge in [0.15, 0.2) is 11.6 Å². The number of rotatable bonds is 9. The van der Waals surface area contributed by atoms with Crippen molar-refractivity contribution in [3.8, 4) is 5.75 Å². The normalized spacial score (nSPS) is 19.9. The van der Waals surface area contributed by atoms with Gasteiger partial charge in [0.25, 0.3) is 0 Å². The number of hydrogen-bond acceptors (Lipinski definition) is 1. The molecule has 2 aromatic carbocycles. The van der Waals surface area contributed by atoms with Crippen LogP contribution in [0.2, 0.25) is 0 Å². The third kappa shape index (κ3) is 6.14.